The van der Waals surface area contributed by atoms with Gasteiger partial charge in [0.2, 0.25) is 0 Å². The topological polar surface area (TPSA) is 38.0 Å². The van der Waals surface area contributed by atoms with Crippen molar-refractivity contribution < 1.29 is 9.50 Å². The molecule has 4 heteroatoms. The van der Waals surface area contributed by atoms with Gasteiger partial charge in [0.15, 0.2) is 0 Å². The van der Waals surface area contributed by atoms with Crippen molar-refractivity contribution in [3.63, 3.8) is 0 Å². The normalized spacial score (nSPS) is 13.6. The average Bonchev–Trinajstić information content (AvgIpc) is 2.73. The first-order valence-corrected chi connectivity index (χ1v) is 6.68. The van der Waals surface area contributed by atoms with Gasteiger partial charge in [-0.3, -0.25) is 4.68 Å². The summed E-state index contributed by atoms with van der Waals surface area (Å²) in [6.07, 6.45) is 0.755. The van der Waals surface area contributed by atoms with Crippen molar-refractivity contribution in [1.29, 1.82) is 0 Å². The van der Waals surface area contributed by atoms with E-state index in [2.05, 4.69) is 5.10 Å². The van der Waals surface area contributed by atoms with Crippen LogP contribution >= 0.6 is 0 Å². The molecule has 0 radical (unpaired) electrons. The Kier molecular flexibility index (Phi) is 3.69. The van der Waals surface area contributed by atoms with Crippen LogP contribution in [-0.4, -0.2) is 14.9 Å². The molecule has 0 fully saturated rings. The van der Waals surface area contributed by atoms with Gasteiger partial charge >= 0.3 is 0 Å². The molecule has 1 unspecified atom stereocenters. The lowest BCUT2D eigenvalue weighted by atomic mass is 9.86. The van der Waals surface area contributed by atoms with Crippen LogP contribution in [0.25, 0.3) is 0 Å². The highest BCUT2D eigenvalue weighted by atomic mass is 19.1. The third kappa shape index (κ3) is 2.75. The minimum Gasteiger partial charge on any atom is -0.383 e. The molecule has 0 aliphatic rings. The van der Waals surface area contributed by atoms with Gasteiger partial charge in [0.05, 0.1) is 5.69 Å². The van der Waals surface area contributed by atoms with E-state index in [1.54, 1.807) is 30.1 Å². The Morgan fingerprint density at radius 2 is 1.90 bits per heavy atom. The first-order valence-electron chi connectivity index (χ1n) is 6.68. The summed E-state index contributed by atoms with van der Waals surface area (Å²) in [5.41, 5.74) is 2.45. The SMILES string of the molecule is Cc1ccc(F)c(C(O)c2cn(C)nc2C(C)(C)C)c1. The molecular weight excluding hydrogens is 255 g/mol. The standard InChI is InChI=1S/C16H21FN2O/c1-10-6-7-13(17)11(8-10)14(20)12-9-19(5)18-15(12)16(2,3)4/h6-9,14,20H,1-5H3. The summed E-state index contributed by atoms with van der Waals surface area (Å²) >= 11 is 0. The Bertz CT molecular complexity index is 626. The molecule has 0 amide bonds. The van der Waals surface area contributed by atoms with Crippen LogP contribution in [0.3, 0.4) is 0 Å². The van der Waals surface area contributed by atoms with Crippen LogP contribution in [0, 0.1) is 12.7 Å². The lowest BCUT2D eigenvalue weighted by Gasteiger charge is -2.20. The zero-order valence-electron chi connectivity index (χ0n) is 12.6. The molecule has 0 aliphatic carbocycles. The van der Waals surface area contributed by atoms with Crippen LogP contribution in [0.2, 0.25) is 0 Å². The largest absolute Gasteiger partial charge is 0.383 e. The summed E-state index contributed by atoms with van der Waals surface area (Å²) in [5, 5.41) is 15.0. The van der Waals surface area contributed by atoms with Gasteiger partial charge in [-0.05, 0) is 13.0 Å². The third-order valence-corrected chi connectivity index (χ3v) is 3.31. The fourth-order valence-corrected chi connectivity index (χ4v) is 2.33. The molecule has 1 N–H and O–H groups in total. The van der Waals surface area contributed by atoms with E-state index in [9.17, 15) is 9.50 Å². The van der Waals surface area contributed by atoms with E-state index in [4.69, 9.17) is 0 Å². The van der Waals surface area contributed by atoms with Crippen molar-refractivity contribution in [2.24, 2.45) is 7.05 Å². The number of benzene rings is 1. The fourth-order valence-electron chi connectivity index (χ4n) is 2.33. The zero-order chi connectivity index (χ0) is 15.1. The van der Waals surface area contributed by atoms with Gasteiger partial charge in [0.25, 0.3) is 0 Å². The highest BCUT2D eigenvalue weighted by molar-refractivity contribution is 5.36. The zero-order valence-corrected chi connectivity index (χ0v) is 12.6. The third-order valence-electron chi connectivity index (χ3n) is 3.31. The number of rotatable bonds is 2. The number of hydrogen-bond acceptors (Lipinski definition) is 2. The molecule has 1 atom stereocenters. The number of nitrogens with zero attached hydrogens (tertiary/aromatic N) is 2. The van der Waals surface area contributed by atoms with Gasteiger partial charge in [0, 0.05) is 29.8 Å². The van der Waals surface area contributed by atoms with E-state index in [1.807, 2.05) is 27.7 Å². The molecule has 0 spiro atoms. The van der Waals surface area contributed by atoms with Crippen LogP contribution in [-0.2, 0) is 12.5 Å². The second-order valence-electron chi connectivity index (χ2n) is 6.28. The highest BCUT2D eigenvalue weighted by Gasteiger charge is 2.27. The predicted molar refractivity (Wildman–Crippen MR) is 77.1 cm³/mol. The van der Waals surface area contributed by atoms with E-state index in [0.717, 1.165) is 11.3 Å². The first-order chi connectivity index (χ1) is 9.20. The smallest absolute Gasteiger partial charge is 0.129 e. The second kappa shape index (κ2) is 5.02. The Morgan fingerprint density at radius 1 is 1.25 bits per heavy atom. The molecule has 2 aromatic rings. The highest BCUT2D eigenvalue weighted by Crippen LogP contribution is 2.32. The predicted octanol–water partition coefficient (Wildman–Crippen LogP) is 3.25. The molecule has 1 aromatic carbocycles. The molecule has 0 saturated carbocycles. The van der Waals surface area contributed by atoms with E-state index in [1.165, 1.54) is 6.07 Å². The monoisotopic (exact) mass is 276 g/mol. The number of aliphatic hydroxyl groups is 1. The fraction of sp³-hybridized carbons (Fsp3) is 0.438. The maximum Gasteiger partial charge on any atom is 0.129 e. The van der Waals surface area contributed by atoms with Gasteiger partial charge < -0.3 is 5.11 Å². The minimum absolute atomic E-state index is 0.210. The maximum atomic E-state index is 14.0. The Morgan fingerprint density at radius 3 is 2.50 bits per heavy atom. The molecule has 0 aliphatic heterocycles. The van der Waals surface area contributed by atoms with Gasteiger partial charge in [-0.1, -0.05) is 38.5 Å². The first kappa shape index (κ1) is 14.7. The number of halogens is 1. The van der Waals surface area contributed by atoms with Crippen molar-refractivity contribution in [1.82, 2.24) is 9.78 Å². The Labute approximate surface area is 119 Å². The van der Waals surface area contributed by atoms with Gasteiger partial charge in [-0.15, -0.1) is 0 Å². The maximum absolute atomic E-state index is 14.0. The van der Waals surface area contributed by atoms with Crippen LogP contribution in [0.5, 0.6) is 0 Å². The lowest BCUT2D eigenvalue weighted by Crippen LogP contribution is -2.17. The number of hydrogen-bond donors (Lipinski definition) is 1. The number of aromatic nitrogens is 2. The average molecular weight is 276 g/mol. The molecule has 20 heavy (non-hydrogen) atoms. The summed E-state index contributed by atoms with van der Waals surface area (Å²) in [6, 6.07) is 4.76. The van der Waals surface area contributed by atoms with E-state index < -0.39 is 11.9 Å². The number of aryl methyl sites for hydroxylation is 2. The van der Waals surface area contributed by atoms with Crippen molar-refractivity contribution >= 4 is 0 Å². The van der Waals surface area contributed by atoms with Crippen LogP contribution < -0.4 is 0 Å². The molecule has 108 valence electrons. The molecular formula is C16H21FN2O. The summed E-state index contributed by atoms with van der Waals surface area (Å²) in [6.45, 7) is 7.96. The summed E-state index contributed by atoms with van der Waals surface area (Å²) in [5.74, 6) is -0.396. The van der Waals surface area contributed by atoms with Gasteiger partial charge in [-0.25, -0.2) is 4.39 Å². The van der Waals surface area contributed by atoms with Crippen molar-refractivity contribution in [3.8, 4) is 0 Å². The molecule has 2 rings (SSSR count). The molecule has 0 saturated heterocycles. The molecule has 3 nitrogen and oxygen atoms in total. The van der Waals surface area contributed by atoms with E-state index in [0.29, 0.717) is 11.1 Å². The van der Waals surface area contributed by atoms with Crippen LogP contribution in [0.1, 0.15) is 49.3 Å². The van der Waals surface area contributed by atoms with Crippen molar-refractivity contribution in [2.45, 2.75) is 39.2 Å². The van der Waals surface area contributed by atoms with E-state index >= 15 is 0 Å². The van der Waals surface area contributed by atoms with E-state index in [-0.39, 0.29) is 5.41 Å². The summed E-state index contributed by atoms with van der Waals surface area (Å²) in [7, 11) is 1.80. The molecule has 1 heterocycles. The van der Waals surface area contributed by atoms with Crippen molar-refractivity contribution in [3.05, 3.63) is 52.6 Å². The van der Waals surface area contributed by atoms with Gasteiger partial charge in [0.1, 0.15) is 11.9 Å². The quantitative estimate of drug-likeness (QED) is 0.914. The Hall–Kier alpha value is -1.68. The van der Waals surface area contributed by atoms with Crippen LogP contribution in [0.15, 0.2) is 24.4 Å². The number of aliphatic hydroxyl groups excluding tert-OH is 1. The van der Waals surface area contributed by atoms with Crippen LogP contribution in [0.4, 0.5) is 4.39 Å². The molecule has 1 aromatic heterocycles. The summed E-state index contributed by atoms with van der Waals surface area (Å²) < 4.78 is 15.6. The minimum atomic E-state index is -1.00. The second-order valence-corrected chi connectivity index (χ2v) is 6.28. The Balaban J connectivity index is 2.54. The summed E-state index contributed by atoms with van der Waals surface area (Å²) in [4.78, 5) is 0. The molecule has 0 bridgehead atoms. The van der Waals surface area contributed by atoms with Crippen molar-refractivity contribution in [2.75, 3.05) is 0 Å². The van der Waals surface area contributed by atoms with Gasteiger partial charge in [-0.2, -0.15) is 5.10 Å². The lowest BCUT2D eigenvalue weighted by molar-refractivity contribution is 0.212.